The van der Waals surface area contributed by atoms with Gasteiger partial charge in [-0.2, -0.15) is 8.78 Å². The maximum atomic E-state index is 13.0. The van der Waals surface area contributed by atoms with E-state index in [9.17, 15) is 8.78 Å². The normalized spacial score (nSPS) is 14.5. The number of fused-ring (bicyclic) bond motifs is 1. The zero-order valence-corrected chi connectivity index (χ0v) is 15.0. The molecule has 1 N–H and O–H groups in total. The number of hydrogen-bond acceptors (Lipinski definition) is 4. The Bertz CT molecular complexity index is 1090. The van der Waals surface area contributed by atoms with Gasteiger partial charge in [0.25, 0.3) is 0 Å². The van der Waals surface area contributed by atoms with E-state index in [4.69, 9.17) is 0 Å². The van der Waals surface area contributed by atoms with E-state index < -0.39 is 6.55 Å². The Morgan fingerprint density at radius 3 is 2.89 bits per heavy atom. The largest absolute Gasteiger partial charge is 0.360 e. The predicted octanol–water partition coefficient (Wildman–Crippen LogP) is 4.65. The van der Waals surface area contributed by atoms with Crippen LogP contribution in [0.4, 0.5) is 8.78 Å². The Hall–Kier alpha value is -2.68. The van der Waals surface area contributed by atoms with E-state index in [0.717, 1.165) is 44.9 Å². The molecule has 5 rings (SSSR count). The SMILES string of the molecule is FC(F)n1ccnc1CSc1nnc(-c2c[nH]c3ccccc23)n1C1CC1. The standard InChI is InChI=1S/C18H16F2N6S/c19-17(20)25-8-7-21-15(25)10-27-18-24-23-16(26(18)11-5-6-11)13-9-22-14-4-2-1-3-12(13)14/h1-4,7-9,11,17,22H,5-6,10H2. The first-order chi connectivity index (χ1) is 13.2. The molecular formula is C18H16F2N6S. The highest BCUT2D eigenvalue weighted by Crippen LogP contribution is 2.42. The molecular weight excluding hydrogens is 370 g/mol. The second-order valence-electron chi connectivity index (χ2n) is 6.47. The molecule has 1 fully saturated rings. The van der Waals surface area contributed by atoms with Crippen LogP contribution in [0.25, 0.3) is 22.3 Å². The van der Waals surface area contributed by atoms with Crippen LogP contribution in [0.2, 0.25) is 0 Å². The molecule has 0 atom stereocenters. The molecule has 3 heterocycles. The lowest BCUT2D eigenvalue weighted by molar-refractivity contribution is 0.0678. The zero-order chi connectivity index (χ0) is 18.4. The first-order valence-electron chi connectivity index (χ1n) is 8.66. The van der Waals surface area contributed by atoms with Crippen LogP contribution >= 0.6 is 11.8 Å². The van der Waals surface area contributed by atoms with Crippen molar-refractivity contribution in [1.82, 2.24) is 29.3 Å². The van der Waals surface area contributed by atoms with Crippen molar-refractivity contribution in [3.63, 3.8) is 0 Å². The number of alkyl halides is 2. The number of aromatic amines is 1. The fourth-order valence-corrected chi connectivity index (χ4v) is 4.20. The number of nitrogens with one attached hydrogen (secondary N) is 1. The van der Waals surface area contributed by atoms with Gasteiger partial charge in [0.2, 0.25) is 0 Å². The summed E-state index contributed by atoms with van der Waals surface area (Å²) in [6.07, 6.45) is 6.79. The fourth-order valence-electron chi connectivity index (χ4n) is 3.24. The molecule has 0 bridgehead atoms. The van der Waals surface area contributed by atoms with Crippen molar-refractivity contribution in [3.05, 3.63) is 48.7 Å². The van der Waals surface area contributed by atoms with Crippen LogP contribution in [0.3, 0.4) is 0 Å². The van der Waals surface area contributed by atoms with Crippen LogP contribution < -0.4 is 0 Å². The molecule has 6 nitrogen and oxygen atoms in total. The van der Waals surface area contributed by atoms with Crippen molar-refractivity contribution in [2.45, 2.75) is 36.3 Å². The number of benzene rings is 1. The molecule has 0 radical (unpaired) electrons. The van der Waals surface area contributed by atoms with Gasteiger partial charge in [0.05, 0.1) is 5.75 Å². The highest BCUT2D eigenvalue weighted by atomic mass is 32.2. The van der Waals surface area contributed by atoms with Gasteiger partial charge in [0.1, 0.15) is 5.82 Å². The average molecular weight is 386 g/mol. The molecule has 9 heteroatoms. The lowest BCUT2D eigenvalue weighted by atomic mass is 10.1. The first kappa shape index (κ1) is 16.5. The van der Waals surface area contributed by atoms with Crippen LogP contribution in [0.1, 0.15) is 31.3 Å². The number of halogens is 2. The number of thioether (sulfide) groups is 1. The minimum Gasteiger partial charge on any atom is -0.360 e. The fraction of sp³-hybridized carbons (Fsp3) is 0.278. The molecule has 0 aliphatic heterocycles. The van der Waals surface area contributed by atoms with Crippen molar-refractivity contribution in [2.75, 3.05) is 0 Å². The molecule has 138 valence electrons. The van der Waals surface area contributed by atoms with Gasteiger partial charge in [0.15, 0.2) is 11.0 Å². The summed E-state index contributed by atoms with van der Waals surface area (Å²) in [5, 5.41) is 10.6. The lowest BCUT2D eigenvalue weighted by Crippen LogP contribution is -2.03. The van der Waals surface area contributed by atoms with Gasteiger partial charge in [-0.25, -0.2) is 4.98 Å². The highest BCUT2D eigenvalue weighted by Gasteiger charge is 2.31. The summed E-state index contributed by atoms with van der Waals surface area (Å²) >= 11 is 1.39. The molecule has 4 aromatic rings. The summed E-state index contributed by atoms with van der Waals surface area (Å²) in [5.74, 6) is 1.46. The maximum absolute atomic E-state index is 13.0. The Morgan fingerprint density at radius 1 is 1.22 bits per heavy atom. The first-order valence-corrected chi connectivity index (χ1v) is 9.65. The van der Waals surface area contributed by atoms with Crippen molar-refractivity contribution in [2.24, 2.45) is 0 Å². The zero-order valence-electron chi connectivity index (χ0n) is 14.2. The molecule has 0 unspecified atom stereocenters. The third-order valence-corrected chi connectivity index (χ3v) is 5.64. The summed E-state index contributed by atoms with van der Waals surface area (Å²) in [7, 11) is 0. The summed E-state index contributed by atoms with van der Waals surface area (Å²) in [5.41, 5.74) is 2.05. The second kappa shape index (κ2) is 6.49. The van der Waals surface area contributed by atoms with Gasteiger partial charge >= 0.3 is 6.55 Å². The van der Waals surface area contributed by atoms with Gasteiger partial charge in [-0.3, -0.25) is 9.13 Å². The van der Waals surface area contributed by atoms with Crippen molar-refractivity contribution in [3.8, 4) is 11.4 Å². The minimum absolute atomic E-state index is 0.316. The van der Waals surface area contributed by atoms with Gasteiger partial charge in [0, 0.05) is 41.1 Å². The number of hydrogen-bond donors (Lipinski definition) is 1. The van der Waals surface area contributed by atoms with E-state index in [1.807, 2.05) is 24.4 Å². The Labute approximate surface area is 157 Å². The molecule has 0 saturated heterocycles. The number of nitrogens with zero attached hydrogens (tertiary/aromatic N) is 5. The summed E-state index contributed by atoms with van der Waals surface area (Å²) in [6, 6.07) is 8.43. The quantitative estimate of drug-likeness (QED) is 0.490. The predicted molar refractivity (Wildman–Crippen MR) is 98.6 cm³/mol. The number of aromatic nitrogens is 6. The maximum Gasteiger partial charge on any atom is 0.319 e. The third kappa shape index (κ3) is 2.91. The topological polar surface area (TPSA) is 64.3 Å². The smallest absolute Gasteiger partial charge is 0.319 e. The Morgan fingerprint density at radius 2 is 2.07 bits per heavy atom. The van der Waals surface area contributed by atoms with Crippen molar-refractivity contribution in [1.29, 1.82) is 0 Å². The molecule has 1 aliphatic rings. The minimum atomic E-state index is -2.59. The summed E-state index contributed by atoms with van der Waals surface area (Å²) < 4.78 is 29.1. The third-order valence-electron chi connectivity index (χ3n) is 4.70. The lowest BCUT2D eigenvalue weighted by Gasteiger charge is -2.09. The van der Waals surface area contributed by atoms with E-state index in [2.05, 4.69) is 30.8 Å². The molecule has 0 spiro atoms. The van der Waals surface area contributed by atoms with Gasteiger partial charge in [-0.1, -0.05) is 30.0 Å². The van der Waals surface area contributed by atoms with Gasteiger partial charge < -0.3 is 4.98 Å². The number of para-hydroxylation sites is 1. The Balaban J connectivity index is 1.49. The van der Waals surface area contributed by atoms with Crippen LogP contribution in [0, 0.1) is 0 Å². The van der Waals surface area contributed by atoms with E-state index in [1.54, 1.807) is 0 Å². The number of H-pyrrole nitrogens is 1. The van der Waals surface area contributed by atoms with E-state index in [1.165, 1.54) is 24.2 Å². The number of rotatable bonds is 6. The van der Waals surface area contributed by atoms with E-state index in [0.29, 0.717) is 17.6 Å². The van der Waals surface area contributed by atoms with Crippen LogP contribution in [0.15, 0.2) is 48.0 Å². The van der Waals surface area contributed by atoms with Crippen molar-refractivity contribution < 1.29 is 8.78 Å². The average Bonchev–Trinajstić information content (AvgIpc) is 3.10. The molecule has 0 amide bonds. The molecule has 1 aromatic carbocycles. The molecule has 1 saturated carbocycles. The molecule has 3 aromatic heterocycles. The van der Waals surface area contributed by atoms with E-state index >= 15 is 0 Å². The van der Waals surface area contributed by atoms with E-state index in [-0.39, 0.29) is 0 Å². The van der Waals surface area contributed by atoms with Crippen LogP contribution in [-0.4, -0.2) is 29.3 Å². The highest BCUT2D eigenvalue weighted by molar-refractivity contribution is 7.98. The second-order valence-corrected chi connectivity index (χ2v) is 7.41. The summed E-state index contributed by atoms with van der Waals surface area (Å²) in [6.45, 7) is -2.59. The van der Waals surface area contributed by atoms with Crippen LogP contribution in [-0.2, 0) is 5.75 Å². The number of imidazole rings is 1. The molecule has 27 heavy (non-hydrogen) atoms. The summed E-state index contributed by atoms with van der Waals surface area (Å²) in [4.78, 5) is 7.31. The van der Waals surface area contributed by atoms with Crippen molar-refractivity contribution >= 4 is 22.7 Å². The van der Waals surface area contributed by atoms with Gasteiger partial charge in [-0.05, 0) is 18.9 Å². The van der Waals surface area contributed by atoms with Crippen LogP contribution in [0.5, 0.6) is 0 Å². The Kier molecular flexibility index (Phi) is 3.96. The molecule has 1 aliphatic carbocycles. The monoisotopic (exact) mass is 386 g/mol. The van der Waals surface area contributed by atoms with Gasteiger partial charge in [-0.15, -0.1) is 10.2 Å².